The molecular weight excluding hydrogens is 686 g/mol. The van der Waals surface area contributed by atoms with E-state index < -0.39 is 26.5 Å². The third kappa shape index (κ3) is 7.57. The Morgan fingerprint density at radius 1 is 1.20 bits per heavy atom. The first-order chi connectivity index (χ1) is 24.3. The van der Waals surface area contributed by atoms with Gasteiger partial charge in [-0.3, -0.25) is 14.3 Å². The average molecular weight is 740 g/mol. The molecule has 1 fully saturated rings. The molecule has 0 saturated heterocycles. The molecule has 278 valence electrons. The first kappa shape index (κ1) is 37.7. The number of hydrogen-bond acceptors (Lipinski definition) is 7. The average Bonchev–Trinajstić information content (AvgIpc) is 3.24. The Hall–Kier alpha value is -3.05. The van der Waals surface area contributed by atoms with Gasteiger partial charge in [0.25, 0.3) is 5.91 Å². The van der Waals surface area contributed by atoms with Gasteiger partial charge < -0.3 is 24.0 Å². The quantitative estimate of drug-likeness (QED) is 0.284. The van der Waals surface area contributed by atoms with E-state index in [1.165, 1.54) is 11.1 Å². The molecule has 1 spiro atoms. The Labute approximate surface area is 309 Å². The van der Waals surface area contributed by atoms with E-state index in [1.807, 2.05) is 39.1 Å². The van der Waals surface area contributed by atoms with Gasteiger partial charge in [-0.05, 0) is 111 Å². The molecule has 6 rings (SSSR count). The molecule has 2 aromatic rings. The second-order valence-corrected chi connectivity index (χ2v) is 18.2. The van der Waals surface area contributed by atoms with Gasteiger partial charge in [0.15, 0.2) is 0 Å². The number of allylic oxidation sites excluding steroid dienone is 1. The van der Waals surface area contributed by atoms with Crippen LogP contribution in [0.5, 0.6) is 5.75 Å². The zero-order chi connectivity index (χ0) is 36.6. The SMILES string of the molecule is C=S1(=O)NC(=O)c2ccc3c(c2)N(C[C@@H]2CC[C@H]2[C@@](CC(=O)N(C)CCOC)(OC)/C=C/C[C@H](C)[C@H]1C)C[C@@]1(CCCc2cc(Cl)ccc21)CO3. The molecule has 2 amide bonds. The Bertz CT molecular complexity index is 1770. The molecule has 0 radical (unpaired) electrons. The molecule has 1 saturated carbocycles. The number of ether oxygens (including phenoxy) is 3. The summed E-state index contributed by atoms with van der Waals surface area (Å²) in [5, 5.41) is 0.327. The number of likely N-dealkylation sites (N-methyl/N-ethyl adjacent to an activating group) is 1. The van der Waals surface area contributed by atoms with Gasteiger partial charge in [-0.2, -0.15) is 0 Å². The van der Waals surface area contributed by atoms with Crippen molar-refractivity contribution < 1.29 is 28.0 Å². The number of rotatable bonds is 6. The van der Waals surface area contributed by atoms with E-state index in [-0.39, 0.29) is 35.5 Å². The first-order valence-corrected chi connectivity index (χ1v) is 20.4. The molecule has 7 atom stereocenters. The maximum Gasteiger partial charge on any atom is 0.262 e. The lowest BCUT2D eigenvalue weighted by Crippen LogP contribution is -2.54. The van der Waals surface area contributed by atoms with Crippen LogP contribution >= 0.6 is 11.6 Å². The van der Waals surface area contributed by atoms with E-state index in [0.717, 1.165) is 42.8 Å². The van der Waals surface area contributed by atoms with Crippen molar-refractivity contribution in [3.8, 4) is 5.75 Å². The number of aryl methyl sites for hydroxylation is 1. The number of methoxy groups -OCH3 is 2. The summed E-state index contributed by atoms with van der Waals surface area (Å²) >= 11 is 6.48. The monoisotopic (exact) mass is 739 g/mol. The maximum absolute atomic E-state index is 14.0. The molecule has 2 aromatic carbocycles. The summed E-state index contributed by atoms with van der Waals surface area (Å²) in [5.74, 6) is 4.54. The van der Waals surface area contributed by atoms with Crippen molar-refractivity contribution in [2.45, 2.75) is 75.1 Å². The van der Waals surface area contributed by atoms with E-state index >= 15 is 0 Å². The van der Waals surface area contributed by atoms with Gasteiger partial charge in [0, 0.05) is 62.2 Å². The normalized spacial score (nSPS) is 32.7. The van der Waals surface area contributed by atoms with Crippen LogP contribution in [0.25, 0.3) is 0 Å². The number of hydrogen-bond donors (Lipinski definition) is 1. The molecule has 2 aliphatic heterocycles. The van der Waals surface area contributed by atoms with Gasteiger partial charge in [0.05, 0.1) is 40.6 Å². The van der Waals surface area contributed by atoms with E-state index in [1.54, 1.807) is 25.2 Å². The minimum absolute atomic E-state index is 0.00176. The Morgan fingerprint density at radius 2 is 2.00 bits per heavy atom. The maximum atomic E-state index is 14.0. The van der Waals surface area contributed by atoms with Crippen molar-refractivity contribution in [3.63, 3.8) is 0 Å². The molecule has 2 aliphatic carbocycles. The summed E-state index contributed by atoms with van der Waals surface area (Å²) in [5.41, 5.74) is 2.65. The summed E-state index contributed by atoms with van der Waals surface area (Å²) in [6.07, 6.45) is 9.81. The summed E-state index contributed by atoms with van der Waals surface area (Å²) in [6.45, 7) is 6.73. The fraction of sp³-hybridized carbons (Fsp3) is 0.575. The number of fused-ring (bicyclic) bond motifs is 4. The molecular formula is C40H54ClN3O6S. The van der Waals surface area contributed by atoms with Crippen LogP contribution < -0.4 is 14.4 Å². The van der Waals surface area contributed by atoms with Crippen molar-refractivity contribution in [2.24, 2.45) is 17.8 Å². The topological polar surface area (TPSA) is 97.4 Å². The van der Waals surface area contributed by atoms with E-state index in [0.29, 0.717) is 50.6 Å². The molecule has 9 nitrogen and oxygen atoms in total. The van der Waals surface area contributed by atoms with E-state index in [2.05, 4.69) is 39.8 Å². The number of amides is 2. The largest absolute Gasteiger partial charge is 0.490 e. The van der Waals surface area contributed by atoms with E-state index in [4.69, 9.17) is 25.8 Å². The third-order valence-corrected chi connectivity index (χ3v) is 14.7. The van der Waals surface area contributed by atoms with Gasteiger partial charge in [0.2, 0.25) is 5.91 Å². The number of nitrogens with one attached hydrogen (secondary N) is 1. The number of carbonyl (C=O) groups is 2. The van der Waals surface area contributed by atoms with Crippen LogP contribution in [0, 0.1) is 17.8 Å². The fourth-order valence-electron chi connectivity index (χ4n) is 8.66. The lowest BCUT2D eigenvalue weighted by Gasteiger charge is -2.50. The van der Waals surface area contributed by atoms with Crippen LogP contribution in [-0.4, -0.2) is 91.8 Å². The minimum Gasteiger partial charge on any atom is -0.490 e. The van der Waals surface area contributed by atoms with Crippen molar-refractivity contribution >= 4 is 44.7 Å². The highest BCUT2D eigenvalue weighted by molar-refractivity contribution is 7.99. The minimum atomic E-state index is -3.01. The lowest BCUT2D eigenvalue weighted by atomic mass is 9.62. The highest BCUT2D eigenvalue weighted by Crippen LogP contribution is 2.50. The Morgan fingerprint density at radius 3 is 2.73 bits per heavy atom. The van der Waals surface area contributed by atoms with Crippen LogP contribution in [0.2, 0.25) is 5.02 Å². The van der Waals surface area contributed by atoms with Crippen LogP contribution in [-0.2, 0) is 35.8 Å². The van der Waals surface area contributed by atoms with Crippen LogP contribution in [0.15, 0.2) is 48.6 Å². The smallest absolute Gasteiger partial charge is 0.262 e. The highest BCUT2D eigenvalue weighted by Gasteiger charge is 2.50. The summed E-state index contributed by atoms with van der Waals surface area (Å²) in [7, 11) is 2.15. The van der Waals surface area contributed by atoms with Crippen molar-refractivity contribution in [2.75, 3.05) is 59.0 Å². The van der Waals surface area contributed by atoms with Gasteiger partial charge in [-0.1, -0.05) is 36.7 Å². The second-order valence-electron chi connectivity index (χ2n) is 15.4. The van der Waals surface area contributed by atoms with Gasteiger partial charge in [-0.25, -0.2) is 4.21 Å². The van der Waals surface area contributed by atoms with Gasteiger partial charge in [0.1, 0.15) is 5.75 Å². The van der Waals surface area contributed by atoms with Crippen LogP contribution in [0.1, 0.15) is 73.9 Å². The number of halogens is 1. The van der Waals surface area contributed by atoms with Crippen molar-refractivity contribution in [1.29, 1.82) is 0 Å². The highest BCUT2D eigenvalue weighted by atomic mass is 35.5. The predicted octanol–water partition coefficient (Wildman–Crippen LogP) is 6.07. The molecule has 2 heterocycles. The molecule has 1 N–H and O–H groups in total. The predicted molar refractivity (Wildman–Crippen MR) is 205 cm³/mol. The van der Waals surface area contributed by atoms with Gasteiger partial charge >= 0.3 is 0 Å². The van der Waals surface area contributed by atoms with Crippen molar-refractivity contribution in [1.82, 2.24) is 9.62 Å². The first-order valence-electron chi connectivity index (χ1n) is 18.3. The number of anilines is 1. The zero-order valence-corrected chi connectivity index (χ0v) is 32.3. The molecule has 4 aliphatic rings. The lowest BCUT2D eigenvalue weighted by molar-refractivity contribution is -0.142. The standard InChI is InChI=1S/C40H54ClN3O6S/c1-27-9-7-18-40(49-5,23-37(45)43(3)19-20-48-4)34-14-11-31(34)24-44-25-39(17-8-10-29-21-32(41)13-15-33(29)39)26-50-36-16-12-30(22-35(36)44)38(46)42-51(6,47)28(27)2/h7,12-13,15-16,18,21-22,27-28,31,34H,6,8-11,14,17,19-20,23-26H2,1-5H3,(H,42,46,47)/b18-7+/t27-,28+,31-,34+,39-,40+,51?/m0/s1. The summed E-state index contributed by atoms with van der Waals surface area (Å²) in [6, 6.07) is 11.7. The third-order valence-electron chi connectivity index (χ3n) is 12.2. The Balaban J connectivity index is 1.44. The number of nitrogens with zero attached hydrogens (tertiary/aromatic N) is 2. The van der Waals surface area contributed by atoms with Gasteiger partial charge in [-0.15, -0.1) is 0 Å². The summed E-state index contributed by atoms with van der Waals surface area (Å²) < 4.78 is 35.2. The molecule has 51 heavy (non-hydrogen) atoms. The van der Waals surface area contributed by atoms with Crippen LogP contribution in [0.3, 0.4) is 0 Å². The molecule has 0 aromatic heterocycles. The number of benzene rings is 2. The number of carbonyl (C=O) groups excluding carboxylic acids is 2. The molecule has 2 bridgehead atoms. The van der Waals surface area contributed by atoms with E-state index in [9.17, 15) is 13.8 Å². The molecule has 1 unspecified atom stereocenters. The summed E-state index contributed by atoms with van der Waals surface area (Å²) in [4.78, 5) is 31.6. The molecule has 11 heteroatoms. The zero-order valence-electron chi connectivity index (χ0n) is 30.8. The fourth-order valence-corrected chi connectivity index (χ4v) is 10.3. The Kier molecular flexibility index (Phi) is 11.2. The van der Waals surface area contributed by atoms with Crippen LogP contribution in [0.4, 0.5) is 5.69 Å². The second kappa shape index (κ2) is 15.1. The van der Waals surface area contributed by atoms with Crippen molar-refractivity contribution in [3.05, 3.63) is 70.3 Å².